The molecule has 0 bridgehead atoms. The Hall–Kier alpha value is -0.843. The lowest BCUT2D eigenvalue weighted by molar-refractivity contribution is -0.0638. The van der Waals surface area contributed by atoms with Crippen LogP contribution in [0.15, 0.2) is 30.3 Å². The van der Waals surface area contributed by atoms with Gasteiger partial charge in [0.15, 0.2) is 0 Å². The summed E-state index contributed by atoms with van der Waals surface area (Å²) in [7, 11) is 0.568. The van der Waals surface area contributed by atoms with Gasteiger partial charge in [0.2, 0.25) is 0 Å². The van der Waals surface area contributed by atoms with Gasteiger partial charge in [0.05, 0.1) is 19.4 Å². The van der Waals surface area contributed by atoms with Gasteiger partial charge >= 0.3 is 0 Å². The minimum Gasteiger partial charge on any atom is -0.252 e. The average Bonchev–Trinajstić information content (AvgIpc) is 2.24. The molecule has 0 aliphatic heterocycles. The number of hydrogen-bond donors (Lipinski definition) is 0. The number of hydrogen-bond acceptors (Lipinski definition) is 3. The Labute approximate surface area is 98.9 Å². The first kappa shape index (κ1) is 13.2. The van der Waals surface area contributed by atoms with Gasteiger partial charge in [-0.1, -0.05) is 37.8 Å². The second-order valence-electron chi connectivity index (χ2n) is 4.92. The third-order valence-electron chi connectivity index (χ3n) is 2.19. The van der Waals surface area contributed by atoms with E-state index in [0.717, 1.165) is 11.7 Å². The fourth-order valence-electron chi connectivity index (χ4n) is 1.22. The summed E-state index contributed by atoms with van der Waals surface area (Å²) in [4.78, 5) is 10.8. The highest BCUT2D eigenvalue weighted by molar-refractivity contribution is 6.76. The van der Waals surface area contributed by atoms with Crippen LogP contribution in [0, 0.1) is 0 Å². The molecule has 0 aliphatic rings. The molecule has 0 fully saturated rings. The fourth-order valence-corrected chi connectivity index (χ4v) is 1.92. The Balaban J connectivity index is 2.45. The summed E-state index contributed by atoms with van der Waals surface area (Å²) >= 11 is 0. The monoisotopic (exact) mass is 239 g/mol. The zero-order valence-electron chi connectivity index (χ0n) is 10.6. The molecular weight excluding hydrogens is 218 g/mol. The van der Waals surface area contributed by atoms with Crippen LogP contribution in [0.1, 0.15) is 0 Å². The van der Waals surface area contributed by atoms with Gasteiger partial charge < -0.3 is 0 Å². The van der Waals surface area contributed by atoms with Crippen LogP contribution in [-0.2, 0) is 9.68 Å². The molecule has 0 saturated carbocycles. The van der Waals surface area contributed by atoms with Crippen LogP contribution in [0.2, 0.25) is 25.7 Å². The summed E-state index contributed by atoms with van der Waals surface area (Å²) in [5.74, 6) is 0. The summed E-state index contributed by atoms with van der Waals surface area (Å²) in [5, 5.41) is 1.47. The zero-order chi connectivity index (χ0) is 12.0. The van der Waals surface area contributed by atoms with Crippen molar-refractivity contribution in [2.45, 2.75) is 25.7 Å². The van der Waals surface area contributed by atoms with Crippen LogP contribution in [0.3, 0.4) is 0 Å². The predicted molar refractivity (Wildman–Crippen MR) is 70.0 cm³/mol. The van der Waals surface area contributed by atoms with Crippen molar-refractivity contribution in [3.8, 4) is 0 Å². The standard InChI is InChI=1S/C12H21NO2Si/c1-14-13(12-8-6-5-7-9-12)15-10-11-16(2,3)4/h5-9H,10-11H2,1-4H3. The molecule has 4 heteroatoms. The van der Waals surface area contributed by atoms with E-state index >= 15 is 0 Å². The molecule has 0 atom stereocenters. The summed E-state index contributed by atoms with van der Waals surface area (Å²) in [6.45, 7) is 7.69. The van der Waals surface area contributed by atoms with Gasteiger partial charge in [-0.15, -0.1) is 5.23 Å². The molecule has 0 spiro atoms. The van der Waals surface area contributed by atoms with Gasteiger partial charge in [0, 0.05) is 8.07 Å². The molecule has 90 valence electrons. The predicted octanol–water partition coefficient (Wildman–Crippen LogP) is 3.32. The van der Waals surface area contributed by atoms with E-state index in [0.29, 0.717) is 6.61 Å². The lowest BCUT2D eigenvalue weighted by Gasteiger charge is -2.22. The van der Waals surface area contributed by atoms with Crippen molar-refractivity contribution in [2.75, 3.05) is 18.9 Å². The van der Waals surface area contributed by atoms with E-state index in [1.807, 2.05) is 30.3 Å². The van der Waals surface area contributed by atoms with Crippen molar-refractivity contribution < 1.29 is 9.68 Å². The smallest absolute Gasteiger partial charge is 0.0947 e. The van der Waals surface area contributed by atoms with Gasteiger partial charge in [0.1, 0.15) is 0 Å². The quantitative estimate of drug-likeness (QED) is 0.561. The molecule has 0 unspecified atom stereocenters. The van der Waals surface area contributed by atoms with Crippen molar-refractivity contribution in [3.63, 3.8) is 0 Å². The molecule has 16 heavy (non-hydrogen) atoms. The third-order valence-corrected chi connectivity index (χ3v) is 3.90. The Morgan fingerprint density at radius 1 is 1.12 bits per heavy atom. The first-order chi connectivity index (χ1) is 7.53. The summed E-state index contributed by atoms with van der Waals surface area (Å²) in [5.41, 5.74) is 0.917. The molecule has 0 aromatic heterocycles. The normalized spacial score (nSPS) is 11.5. The molecule has 1 aromatic rings. The van der Waals surface area contributed by atoms with E-state index < -0.39 is 8.07 Å². The number of para-hydroxylation sites is 1. The molecule has 0 aliphatic carbocycles. The summed E-state index contributed by atoms with van der Waals surface area (Å²) in [6.07, 6.45) is 0. The van der Waals surface area contributed by atoms with Crippen molar-refractivity contribution in [3.05, 3.63) is 30.3 Å². The second kappa shape index (κ2) is 6.03. The first-order valence-corrected chi connectivity index (χ1v) is 9.26. The minimum atomic E-state index is -1.04. The van der Waals surface area contributed by atoms with Crippen LogP contribution in [0.25, 0.3) is 0 Å². The molecule has 0 radical (unpaired) electrons. The van der Waals surface area contributed by atoms with E-state index in [-0.39, 0.29) is 0 Å². The largest absolute Gasteiger partial charge is 0.252 e. The van der Waals surface area contributed by atoms with Crippen LogP contribution in [0.5, 0.6) is 0 Å². The first-order valence-electron chi connectivity index (χ1n) is 5.55. The van der Waals surface area contributed by atoms with Gasteiger partial charge in [-0.25, -0.2) is 4.84 Å². The highest BCUT2D eigenvalue weighted by Crippen LogP contribution is 2.15. The van der Waals surface area contributed by atoms with Gasteiger partial charge in [-0.2, -0.15) is 0 Å². The molecule has 3 nitrogen and oxygen atoms in total. The topological polar surface area (TPSA) is 21.7 Å². The van der Waals surface area contributed by atoms with Crippen molar-refractivity contribution in [1.29, 1.82) is 0 Å². The maximum atomic E-state index is 5.60. The lowest BCUT2D eigenvalue weighted by atomic mass is 10.3. The highest BCUT2D eigenvalue weighted by Gasteiger charge is 2.14. The maximum Gasteiger partial charge on any atom is 0.0947 e. The van der Waals surface area contributed by atoms with E-state index in [1.54, 1.807) is 7.11 Å². The fraction of sp³-hybridized carbons (Fsp3) is 0.500. The minimum absolute atomic E-state index is 0.707. The van der Waals surface area contributed by atoms with Crippen LogP contribution in [0.4, 0.5) is 5.69 Å². The molecule has 0 N–H and O–H groups in total. The Kier molecular flexibility index (Phi) is 4.98. The number of benzene rings is 1. The number of anilines is 1. The van der Waals surface area contributed by atoms with Crippen LogP contribution in [-0.4, -0.2) is 21.8 Å². The Morgan fingerprint density at radius 3 is 2.25 bits per heavy atom. The summed E-state index contributed by atoms with van der Waals surface area (Å²) < 4.78 is 0. The van der Waals surface area contributed by atoms with Crippen molar-refractivity contribution in [1.82, 2.24) is 0 Å². The number of nitrogens with zero attached hydrogens (tertiary/aromatic N) is 1. The molecule has 1 aromatic carbocycles. The van der Waals surface area contributed by atoms with Crippen LogP contribution >= 0.6 is 0 Å². The lowest BCUT2D eigenvalue weighted by Crippen LogP contribution is -2.27. The van der Waals surface area contributed by atoms with Crippen LogP contribution < -0.4 is 5.23 Å². The average molecular weight is 239 g/mol. The molecule has 0 amide bonds. The van der Waals surface area contributed by atoms with Gasteiger partial charge in [-0.05, 0) is 18.2 Å². The van der Waals surface area contributed by atoms with Crippen molar-refractivity contribution >= 4 is 13.8 Å². The Morgan fingerprint density at radius 2 is 1.75 bits per heavy atom. The van der Waals surface area contributed by atoms with E-state index in [2.05, 4.69) is 19.6 Å². The molecular formula is C12H21NO2Si. The number of rotatable bonds is 6. The van der Waals surface area contributed by atoms with E-state index in [1.165, 1.54) is 5.23 Å². The SMILES string of the molecule is CON(OCC[Si](C)(C)C)c1ccccc1. The highest BCUT2D eigenvalue weighted by atomic mass is 28.3. The van der Waals surface area contributed by atoms with Gasteiger partial charge in [-0.3, -0.25) is 4.84 Å². The molecule has 1 rings (SSSR count). The third kappa shape index (κ3) is 4.79. The van der Waals surface area contributed by atoms with Gasteiger partial charge in [0.25, 0.3) is 0 Å². The van der Waals surface area contributed by atoms with Crippen molar-refractivity contribution in [2.24, 2.45) is 0 Å². The molecule has 0 heterocycles. The Bertz CT molecular complexity index is 298. The molecule has 0 saturated heterocycles. The maximum absolute atomic E-state index is 5.60. The van der Waals surface area contributed by atoms with E-state index in [9.17, 15) is 0 Å². The zero-order valence-corrected chi connectivity index (χ0v) is 11.6. The summed E-state index contributed by atoms with van der Waals surface area (Å²) in [6, 6.07) is 10.9. The second-order valence-corrected chi connectivity index (χ2v) is 10.5. The van der Waals surface area contributed by atoms with E-state index in [4.69, 9.17) is 9.68 Å².